The molecule has 1 aliphatic rings. The van der Waals surface area contributed by atoms with Crippen LogP contribution >= 0.6 is 11.6 Å². The van der Waals surface area contributed by atoms with E-state index >= 15 is 0 Å². The topological polar surface area (TPSA) is 105 Å². The number of carboxylic acid groups (broad SMARTS) is 1. The highest BCUT2D eigenvalue weighted by molar-refractivity contribution is 6.31. The van der Waals surface area contributed by atoms with Crippen LogP contribution in [-0.4, -0.2) is 45.3 Å². The Kier molecular flexibility index (Phi) is 7.94. The summed E-state index contributed by atoms with van der Waals surface area (Å²) < 4.78 is 8.05. The summed E-state index contributed by atoms with van der Waals surface area (Å²) in [5.74, 6) is -1.49. The van der Waals surface area contributed by atoms with Crippen LogP contribution in [0.3, 0.4) is 0 Å². The van der Waals surface area contributed by atoms with E-state index in [1.54, 1.807) is 31.2 Å². The summed E-state index contributed by atoms with van der Waals surface area (Å²) in [6, 6.07) is 14.9. The maximum atomic E-state index is 13.4. The minimum Gasteiger partial charge on any atom is -0.478 e. The molecule has 2 heterocycles. The number of carbonyl (C=O) groups excluding carboxylic acids is 1. The zero-order valence-corrected chi connectivity index (χ0v) is 23.0. The number of aliphatic carboxylic acids is 1. The second-order valence-corrected chi connectivity index (χ2v) is 10.8. The number of hydrogen-bond acceptors (Lipinski definition) is 5. The lowest BCUT2D eigenvalue weighted by Crippen LogP contribution is -2.45. The number of carboxylic acids is 1. The number of nitrogens with zero attached hydrogens (tertiary/aromatic N) is 2. The predicted molar refractivity (Wildman–Crippen MR) is 148 cm³/mol. The summed E-state index contributed by atoms with van der Waals surface area (Å²) in [4.78, 5) is 30.7. The van der Waals surface area contributed by atoms with Crippen molar-refractivity contribution in [1.82, 2.24) is 20.2 Å². The van der Waals surface area contributed by atoms with Crippen molar-refractivity contribution in [3.8, 4) is 0 Å². The maximum absolute atomic E-state index is 13.4. The van der Waals surface area contributed by atoms with E-state index in [0.29, 0.717) is 40.7 Å². The van der Waals surface area contributed by atoms with Crippen LogP contribution in [0, 0.1) is 6.92 Å². The molecule has 0 radical (unpaired) electrons. The fourth-order valence-electron chi connectivity index (χ4n) is 4.80. The average molecular weight is 537 g/mol. The Morgan fingerprint density at radius 2 is 1.79 bits per heavy atom. The largest absolute Gasteiger partial charge is 0.478 e. The predicted octanol–water partition coefficient (Wildman–Crippen LogP) is 4.93. The Hall–Kier alpha value is -3.62. The zero-order valence-electron chi connectivity index (χ0n) is 22.3. The maximum Gasteiger partial charge on any atom is 0.334 e. The lowest BCUT2D eigenvalue weighted by Gasteiger charge is -2.33. The standard InChI is InChI=1S/C29H33ClN4O4/c1-17-24(27(35)33-29(3,4)5)25(19-10-6-7-11-20(19)30)26(28(36)37)22(31-17)16-38-15-14-34-18(2)32-21-12-8-9-13-23(21)34/h6-13,25,31H,14-16H2,1-5H3,(H,33,35)(H,36,37). The van der Waals surface area contributed by atoms with Crippen LogP contribution in [-0.2, 0) is 20.9 Å². The smallest absolute Gasteiger partial charge is 0.334 e. The lowest BCUT2D eigenvalue weighted by molar-refractivity contribution is -0.133. The van der Waals surface area contributed by atoms with Crippen molar-refractivity contribution in [2.45, 2.75) is 52.6 Å². The van der Waals surface area contributed by atoms with E-state index in [1.807, 2.05) is 52.0 Å². The van der Waals surface area contributed by atoms with E-state index in [4.69, 9.17) is 16.3 Å². The van der Waals surface area contributed by atoms with Gasteiger partial charge in [-0.05, 0) is 58.4 Å². The van der Waals surface area contributed by atoms with Crippen LogP contribution < -0.4 is 10.6 Å². The molecule has 0 fully saturated rings. The first-order valence-corrected chi connectivity index (χ1v) is 12.9. The van der Waals surface area contributed by atoms with Crippen LogP contribution in [0.25, 0.3) is 11.0 Å². The summed E-state index contributed by atoms with van der Waals surface area (Å²) in [5.41, 5.74) is 3.25. The number of imidazole rings is 1. The number of ether oxygens (including phenoxy) is 1. The molecular weight excluding hydrogens is 504 g/mol. The van der Waals surface area contributed by atoms with E-state index in [-0.39, 0.29) is 18.1 Å². The second kappa shape index (κ2) is 11.0. The average Bonchev–Trinajstić information content (AvgIpc) is 3.15. The molecule has 4 rings (SSSR count). The number of hydrogen-bond donors (Lipinski definition) is 3. The van der Waals surface area contributed by atoms with Gasteiger partial charge in [-0.3, -0.25) is 4.79 Å². The Bertz CT molecular complexity index is 1450. The molecule has 38 heavy (non-hydrogen) atoms. The van der Waals surface area contributed by atoms with Gasteiger partial charge in [-0.25, -0.2) is 9.78 Å². The molecular formula is C29H33ClN4O4. The number of benzene rings is 2. The van der Waals surface area contributed by atoms with Crippen molar-refractivity contribution in [3.63, 3.8) is 0 Å². The van der Waals surface area contributed by atoms with Crippen LogP contribution in [0.5, 0.6) is 0 Å². The summed E-state index contributed by atoms with van der Waals surface area (Å²) in [7, 11) is 0. The van der Waals surface area contributed by atoms with E-state index in [9.17, 15) is 14.7 Å². The van der Waals surface area contributed by atoms with Crippen molar-refractivity contribution < 1.29 is 19.4 Å². The molecule has 2 aromatic carbocycles. The number of halogens is 1. The first-order chi connectivity index (χ1) is 18.0. The molecule has 0 aliphatic carbocycles. The minimum absolute atomic E-state index is 0.0276. The molecule has 0 spiro atoms. The van der Waals surface area contributed by atoms with Crippen LogP contribution in [0.15, 0.2) is 71.1 Å². The number of carbonyl (C=O) groups is 2. The molecule has 3 N–H and O–H groups in total. The Labute approximate surface area is 227 Å². The van der Waals surface area contributed by atoms with E-state index in [1.165, 1.54) is 0 Å². The highest BCUT2D eigenvalue weighted by Crippen LogP contribution is 2.41. The number of aromatic nitrogens is 2. The molecule has 0 saturated carbocycles. The third-order valence-corrected chi connectivity index (χ3v) is 6.72. The van der Waals surface area contributed by atoms with Gasteiger partial charge in [-0.2, -0.15) is 0 Å². The summed E-state index contributed by atoms with van der Waals surface area (Å²) in [6.07, 6.45) is 0. The number of para-hydroxylation sites is 2. The number of nitrogens with one attached hydrogen (secondary N) is 2. The van der Waals surface area contributed by atoms with Gasteiger partial charge in [-0.15, -0.1) is 0 Å². The SMILES string of the molecule is CC1=C(C(=O)NC(C)(C)C)C(c2ccccc2Cl)C(C(=O)O)=C(COCCn2c(C)nc3ccccc32)N1. The molecule has 0 bridgehead atoms. The van der Waals surface area contributed by atoms with Gasteiger partial charge in [0.05, 0.1) is 41.4 Å². The first kappa shape index (κ1) is 27.4. The van der Waals surface area contributed by atoms with Gasteiger partial charge < -0.3 is 25.0 Å². The summed E-state index contributed by atoms with van der Waals surface area (Å²) >= 11 is 6.54. The molecule has 1 amide bonds. The van der Waals surface area contributed by atoms with E-state index in [0.717, 1.165) is 16.9 Å². The highest BCUT2D eigenvalue weighted by Gasteiger charge is 2.39. The van der Waals surface area contributed by atoms with Gasteiger partial charge in [0.2, 0.25) is 5.91 Å². The van der Waals surface area contributed by atoms with Crippen LogP contribution in [0.2, 0.25) is 5.02 Å². The summed E-state index contributed by atoms with van der Waals surface area (Å²) in [6.45, 7) is 10.3. The number of rotatable bonds is 8. The third kappa shape index (κ3) is 5.76. The number of fused-ring (bicyclic) bond motifs is 1. The molecule has 8 nitrogen and oxygen atoms in total. The van der Waals surface area contributed by atoms with E-state index < -0.39 is 17.4 Å². The molecule has 0 saturated heterocycles. The van der Waals surface area contributed by atoms with Gasteiger partial charge >= 0.3 is 5.97 Å². The number of amides is 1. The number of allylic oxidation sites excluding steroid dienone is 1. The summed E-state index contributed by atoms with van der Waals surface area (Å²) in [5, 5.41) is 16.8. The van der Waals surface area contributed by atoms with Crippen molar-refractivity contribution >= 4 is 34.5 Å². The van der Waals surface area contributed by atoms with Gasteiger partial charge in [0, 0.05) is 28.4 Å². The molecule has 200 valence electrons. The van der Waals surface area contributed by atoms with Crippen LogP contribution in [0.1, 0.15) is 45.0 Å². The van der Waals surface area contributed by atoms with E-state index in [2.05, 4.69) is 20.2 Å². The third-order valence-electron chi connectivity index (χ3n) is 6.38. The van der Waals surface area contributed by atoms with Crippen molar-refractivity contribution in [2.24, 2.45) is 0 Å². The highest BCUT2D eigenvalue weighted by atomic mass is 35.5. The second-order valence-electron chi connectivity index (χ2n) is 10.4. The minimum atomic E-state index is -1.15. The van der Waals surface area contributed by atoms with Crippen molar-refractivity contribution in [3.05, 3.63) is 87.5 Å². The Morgan fingerprint density at radius 1 is 1.11 bits per heavy atom. The molecule has 1 aliphatic heterocycles. The van der Waals surface area contributed by atoms with Crippen molar-refractivity contribution in [2.75, 3.05) is 13.2 Å². The van der Waals surface area contributed by atoms with Gasteiger partial charge in [0.25, 0.3) is 0 Å². The first-order valence-electron chi connectivity index (χ1n) is 12.5. The lowest BCUT2D eigenvalue weighted by atomic mass is 9.79. The molecule has 1 unspecified atom stereocenters. The molecule has 9 heteroatoms. The fourth-order valence-corrected chi connectivity index (χ4v) is 5.05. The number of dihydropyridines is 1. The normalized spacial score (nSPS) is 16.1. The molecule has 3 aromatic rings. The van der Waals surface area contributed by atoms with Gasteiger partial charge in [0.15, 0.2) is 0 Å². The quantitative estimate of drug-likeness (QED) is 0.353. The number of aryl methyl sites for hydroxylation is 1. The Balaban J connectivity index is 1.64. The zero-order chi connectivity index (χ0) is 27.6. The van der Waals surface area contributed by atoms with Gasteiger partial charge in [-0.1, -0.05) is 41.9 Å². The fraction of sp³-hybridized carbons (Fsp3) is 0.345. The van der Waals surface area contributed by atoms with Crippen LogP contribution in [0.4, 0.5) is 0 Å². The Morgan fingerprint density at radius 3 is 2.47 bits per heavy atom. The molecule has 1 atom stereocenters. The molecule has 1 aromatic heterocycles. The van der Waals surface area contributed by atoms with Crippen molar-refractivity contribution in [1.29, 1.82) is 0 Å². The monoisotopic (exact) mass is 536 g/mol. The van der Waals surface area contributed by atoms with Gasteiger partial charge in [0.1, 0.15) is 5.82 Å².